The number of phenolic OH excluding ortho intramolecular Hbond substituents is 1. The Labute approximate surface area is 133 Å². The molecule has 0 aromatic heterocycles. The smallest absolute Gasteiger partial charge is 0.255 e. The second kappa shape index (κ2) is 7.29. The summed E-state index contributed by atoms with van der Waals surface area (Å²) in [6.07, 6.45) is 2.11. The number of nitrogens with one attached hydrogen (secondary N) is 2. The molecular formula is C14H20BrClN2O2. The fraction of sp³-hybridized carbons (Fsp3) is 0.500. The number of phenols is 1. The van der Waals surface area contributed by atoms with Crippen molar-refractivity contribution in [3.8, 4) is 5.75 Å². The molecule has 1 aliphatic rings. The van der Waals surface area contributed by atoms with Crippen LogP contribution in [0, 0.1) is 5.41 Å². The predicted octanol–water partition coefficient (Wildman–Crippen LogP) is 2.70. The number of hydrogen-bond acceptors (Lipinski definition) is 3. The van der Waals surface area contributed by atoms with E-state index in [0.29, 0.717) is 12.1 Å². The second-order valence-electron chi connectivity index (χ2n) is 5.40. The summed E-state index contributed by atoms with van der Waals surface area (Å²) in [5.41, 5.74) is 0.453. The van der Waals surface area contributed by atoms with E-state index < -0.39 is 0 Å². The largest absolute Gasteiger partial charge is 0.507 e. The van der Waals surface area contributed by atoms with Crippen molar-refractivity contribution in [2.24, 2.45) is 5.41 Å². The van der Waals surface area contributed by atoms with Gasteiger partial charge in [0.05, 0.1) is 5.56 Å². The molecule has 6 heteroatoms. The molecule has 4 nitrogen and oxygen atoms in total. The molecule has 2 rings (SSSR count). The first kappa shape index (κ1) is 17.3. The van der Waals surface area contributed by atoms with Crippen molar-refractivity contribution >= 4 is 34.2 Å². The van der Waals surface area contributed by atoms with Crippen LogP contribution < -0.4 is 10.6 Å². The quantitative estimate of drug-likeness (QED) is 0.774. The van der Waals surface area contributed by atoms with E-state index in [-0.39, 0.29) is 29.5 Å². The fourth-order valence-corrected chi connectivity index (χ4v) is 2.65. The lowest BCUT2D eigenvalue weighted by atomic mass is 9.81. The second-order valence-corrected chi connectivity index (χ2v) is 6.32. The minimum atomic E-state index is -0.224. The number of halogens is 2. The van der Waals surface area contributed by atoms with E-state index >= 15 is 0 Å². The molecule has 1 heterocycles. The Balaban J connectivity index is 0.00000200. The zero-order valence-electron chi connectivity index (χ0n) is 11.4. The van der Waals surface area contributed by atoms with E-state index in [2.05, 4.69) is 33.5 Å². The summed E-state index contributed by atoms with van der Waals surface area (Å²) in [7, 11) is 0. The number of rotatable bonds is 3. The summed E-state index contributed by atoms with van der Waals surface area (Å²) < 4.78 is 0.781. The topological polar surface area (TPSA) is 61.4 Å². The van der Waals surface area contributed by atoms with Crippen LogP contribution in [0.4, 0.5) is 0 Å². The van der Waals surface area contributed by atoms with Crippen LogP contribution in [0.1, 0.15) is 30.1 Å². The first-order valence-electron chi connectivity index (χ1n) is 6.48. The third kappa shape index (κ3) is 4.36. The normalized spacial score (nSPS) is 17.1. The third-order valence-corrected chi connectivity index (χ3v) is 4.18. The van der Waals surface area contributed by atoms with Crippen molar-refractivity contribution in [2.45, 2.75) is 19.8 Å². The lowest BCUT2D eigenvalue weighted by molar-refractivity contribution is 0.0919. The van der Waals surface area contributed by atoms with E-state index in [1.165, 1.54) is 6.07 Å². The molecule has 1 fully saturated rings. The highest BCUT2D eigenvalue weighted by Crippen LogP contribution is 2.27. The Bertz CT molecular complexity index is 476. The number of carbonyl (C=O) groups is 1. The molecule has 20 heavy (non-hydrogen) atoms. The Kier molecular flexibility index (Phi) is 6.30. The van der Waals surface area contributed by atoms with Crippen LogP contribution in [-0.4, -0.2) is 30.6 Å². The summed E-state index contributed by atoms with van der Waals surface area (Å²) in [6, 6.07) is 4.86. The highest BCUT2D eigenvalue weighted by atomic mass is 79.9. The maximum atomic E-state index is 12.1. The monoisotopic (exact) mass is 362 g/mol. The maximum absolute atomic E-state index is 12.1. The first-order valence-corrected chi connectivity index (χ1v) is 7.27. The highest BCUT2D eigenvalue weighted by molar-refractivity contribution is 9.10. The van der Waals surface area contributed by atoms with Gasteiger partial charge in [0.15, 0.2) is 0 Å². The average Bonchev–Trinajstić information content (AvgIpc) is 2.40. The number of aromatic hydroxyl groups is 1. The lowest BCUT2D eigenvalue weighted by Crippen LogP contribution is -2.42. The van der Waals surface area contributed by atoms with Gasteiger partial charge >= 0.3 is 0 Å². The molecule has 0 aliphatic carbocycles. The summed E-state index contributed by atoms with van der Waals surface area (Å²) in [5, 5.41) is 16.0. The molecule has 0 saturated carbocycles. The van der Waals surface area contributed by atoms with Crippen LogP contribution in [0.3, 0.4) is 0 Å². The first-order chi connectivity index (χ1) is 9.00. The van der Waals surface area contributed by atoms with Crippen molar-refractivity contribution in [3.05, 3.63) is 28.2 Å². The van der Waals surface area contributed by atoms with Gasteiger partial charge in [-0.3, -0.25) is 4.79 Å². The Morgan fingerprint density at radius 1 is 1.45 bits per heavy atom. The minimum absolute atomic E-state index is 0. The van der Waals surface area contributed by atoms with Crippen molar-refractivity contribution in [1.29, 1.82) is 0 Å². The van der Waals surface area contributed by atoms with E-state index in [4.69, 9.17) is 0 Å². The molecular weight excluding hydrogens is 344 g/mol. The number of piperidine rings is 1. The Morgan fingerprint density at radius 3 is 2.75 bits per heavy atom. The van der Waals surface area contributed by atoms with Crippen LogP contribution >= 0.6 is 28.3 Å². The molecule has 112 valence electrons. The standard InChI is InChI=1S/C14H19BrN2O2.ClH/c1-14(4-6-16-7-5-14)9-17-13(19)11-8-10(15)2-3-12(11)18;/h2-3,8,16,18H,4-7,9H2,1H3,(H,17,19);1H. The van der Waals surface area contributed by atoms with Crippen molar-refractivity contribution in [1.82, 2.24) is 10.6 Å². The van der Waals surface area contributed by atoms with E-state index in [0.717, 1.165) is 30.4 Å². The summed E-state index contributed by atoms with van der Waals surface area (Å²) >= 11 is 3.30. The molecule has 0 radical (unpaired) electrons. The molecule has 0 bridgehead atoms. The number of amides is 1. The summed E-state index contributed by atoms with van der Waals surface area (Å²) in [4.78, 5) is 12.1. The van der Waals surface area contributed by atoms with Crippen LogP contribution in [0.15, 0.2) is 22.7 Å². The number of benzene rings is 1. The molecule has 0 unspecified atom stereocenters. The van der Waals surface area contributed by atoms with Gasteiger partial charge in [-0.15, -0.1) is 12.4 Å². The van der Waals surface area contributed by atoms with Crippen LogP contribution in [0.5, 0.6) is 5.75 Å². The average molecular weight is 364 g/mol. The van der Waals surface area contributed by atoms with Crippen molar-refractivity contribution in [3.63, 3.8) is 0 Å². The van der Waals surface area contributed by atoms with E-state index in [1.807, 2.05) is 0 Å². The SMILES string of the molecule is CC1(CNC(=O)c2cc(Br)ccc2O)CCNCC1.Cl. The van der Waals surface area contributed by atoms with Gasteiger partial charge in [-0.05, 0) is 49.5 Å². The Hall–Kier alpha value is -0.780. The van der Waals surface area contributed by atoms with Gasteiger partial charge in [0.1, 0.15) is 5.75 Å². The molecule has 1 saturated heterocycles. The van der Waals surface area contributed by atoms with E-state index in [9.17, 15) is 9.90 Å². The molecule has 0 atom stereocenters. The van der Waals surface area contributed by atoms with Gasteiger partial charge in [-0.25, -0.2) is 0 Å². The summed E-state index contributed by atoms with van der Waals surface area (Å²) in [6.45, 7) is 4.82. The highest BCUT2D eigenvalue weighted by Gasteiger charge is 2.27. The molecule has 1 aromatic rings. The van der Waals surface area contributed by atoms with Gasteiger partial charge in [-0.2, -0.15) is 0 Å². The fourth-order valence-electron chi connectivity index (χ4n) is 2.29. The molecule has 1 aliphatic heterocycles. The number of carbonyl (C=O) groups excluding carboxylic acids is 1. The van der Waals surface area contributed by atoms with E-state index in [1.54, 1.807) is 12.1 Å². The maximum Gasteiger partial charge on any atom is 0.255 e. The summed E-state index contributed by atoms with van der Waals surface area (Å²) in [5.74, 6) is -0.213. The third-order valence-electron chi connectivity index (χ3n) is 3.69. The van der Waals surface area contributed by atoms with Gasteiger partial charge in [0.2, 0.25) is 0 Å². The zero-order valence-corrected chi connectivity index (χ0v) is 13.8. The molecule has 3 N–H and O–H groups in total. The minimum Gasteiger partial charge on any atom is -0.507 e. The van der Waals surface area contributed by atoms with Gasteiger partial charge in [-0.1, -0.05) is 22.9 Å². The lowest BCUT2D eigenvalue weighted by Gasteiger charge is -2.34. The van der Waals surface area contributed by atoms with Crippen LogP contribution in [-0.2, 0) is 0 Å². The molecule has 1 aromatic carbocycles. The number of hydrogen-bond donors (Lipinski definition) is 3. The van der Waals surface area contributed by atoms with Crippen LogP contribution in [0.25, 0.3) is 0 Å². The molecule has 1 amide bonds. The zero-order chi connectivity index (χ0) is 13.9. The van der Waals surface area contributed by atoms with Crippen LogP contribution in [0.2, 0.25) is 0 Å². The van der Waals surface area contributed by atoms with Crippen molar-refractivity contribution in [2.75, 3.05) is 19.6 Å². The molecule has 0 spiro atoms. The van der Waals surface area contributed by atoms with Gasteiger partial charge < -0.3 is 15.7 Å². The van der Waals surface area contributed by atoms with Gasteiger partial charge in [0.25, 0.3) is 5.91 Å². The van der Waals surface area contributed by atoms with Gasteiger partial charge in [0, 0.05) is 11.0 Å². The van der Waals surface area contributed by atoms with Crippen molar-refractivity contribution < 1.29 is 9.90 Å². The predicted molar refractivity (Wildman–Crippen MR) is 85.6 cm³/mol. The Morgan fingerprint density at radius 2 is 2.10 bits per heavy atom.